The van der Waals surface area contributed by atoms with Crippen molar-refractivity contribution in [2.45, 2.75) is 18.3 Å². The van der Waals surface area contributed by atoms with Crippen LogP contribution in [0, 0.1) is 18.2 Å². The Hall–Kier alpha value is -1.77. The fourth-order valence-corrected chi connectivity index (χ4v) is 2.36. The van der Waals surface area contributed by atoms with Gasteiger partial charge in [0, 0.05) is 6.54 Å². The number of aliphatic hydroxyl groups is 1. The Morgan fingerprint density at radius 3 is 2.74 bits per heavy atom. The molecular weight excluding hydrogens is 263 g/mol. The van der Waals surface area contributed by atoms with Crippen molar-refractivity contribution in [1.29, 1.82) is 0 Å². The van der Waals surface area contributed by atoms with Crippen LogP contribution in [0.25, 0.3) is 0 Å². The molecule has 5 heteroatoms. The highest BCUT2D eigenvalue weighted by molar-refractivity contribution is 7.99. The first-order valence-corrected chi connectivity index (χ1v) is 6.69. The Balaban J connectivity index is 2.24. The van der Waals surface area contributed by atoms with E-state index >= 15 is 0 Å². The van der Waals surface area contributed by atoms with Crippen LogP contribution in [-0.4, -0.2) is 20.4 Å². The topological polar surface area (TPSA) is 38.1 Å². The maximum atomic E-state index is 12.9. The van der Waals surface area contributed by atoms with Gasteiger partial charge in [-0.1, -0.05) is 29.8 Å². The summed E-state index contributed by atoms with van der Waals surface area (Å²) >= 11 is 1.44. The molecule has 0 unspecified atom stereocenters. The van der Waals surface area contributed by atoms with Crippen LogP contribution < -0.4 is 0 Å². The van der Waals surface area contributed by atoms with Crippen molar-refractivity contribution in [3.8, 4) is 12.3 Å². The summed E-state index contributed by atoms with van der Waals surface area (Å²) in [6, 6.07) is 6.26. The predicted molar refractivity (Wildman–Crippen MR) is 73.2 cm³/mol. The molecule has 2 rings (SSSR count). The number of hydrogen-bond donors (Lipinski definition) is 1. The molecule has 0 aliphatic carbocycles. The summed E-state index contributed by atoms with van der Waals surface area (Å²) in [4.78, 5) is 4.23. The van der Waals surface area contributed by atoms with E-state index in [-0.39, 0.29) is 12.4 Å². The van der Waals surface area contributed by atoms with E-state index in [1.165, 1.54) is 23.9 Å². The first kappa shape index (κ1) is 13.7. The van der Waals surface area contributed by atoms with Gasteiger partial charge in [0.05, 0.1) is 24.3 Å². The lowest BCUT2D eigenvalue weighted by molar-refractivity contribution is 0.270. The Kier molecular flexibility index (Phi) is 4.61. The molecule has 0 aliphatic rings. The zero-order chi connectivity index (χ0) is 13.7. The van der Waals surface area contributed by atoms with Crippen LogP contribution in [0.5, 0.6) is 0 Å². The van der Waals surface area contributed by atoms with E-state index in [9.17, 15) is 9.50 Å². The lowest BCUT2D eigenvalue weighted by Gasteiger charge is -2.10. The van der Waals surface area contributed by atoms with E-state index in [1.807, 2.05) is 4.57 Å². The van der Waals surface area contributed by atoms with Gasteiger partial charge in [-0.25, -0.2) is 9.37 Å². The lowest BCUT2D eigenvalue weighted by Crippen LogP contribution is -2.06. The maximum absolute atomic E-state index is 12.9. The number of thioether (sulfide) groups is 1. The van der Waals surface area contributed by atoms with Crippen molar-refractivity contribution in [3.05, 3.63) is 47.5 Å². The second-order valence-electron chi connectivity index (χ2n) is 3.90. The molecule has 1 heterocycles. The quantitative estimate of drug-likeness (QED) is 0.672. The summed E-state index contributed by atoms with van der Waals surface area (Å²) < 4.78 is 14.8. The van der Waals surface area contributed by atoms with Gasteiger partial charge in [-0.15, -0.1) is 6.42 Å². The van der Waals surface area contributed by atoms with Crippen molar-refractivity contribution in [1.82, 2.24) is 9.55 Å². The summed E-state index contributed by atoms with van der Waals surface area (Å²) in [5.74, 6) is 2.79. The van der Waals surface area contributed by atoms with Crippen LogP contribution in [0.3, 0.4) is 0 Å². The van der Waals surface area contributed by atoms with Crippen LogP contribution in [0.15, 0.2) is 35.6 Å². The van der Waals surface area contributed by atoms with Gasteiger partial charge in [0.15, 0.2) is 5.16 Å². The first-order valence-electron chi connectivity index (χ1n) is 5.70. The largest absolute Gasteiger partial charge is 0.390 e. The summed E-state index contributed by atoms with van der Waals surface area (Å²) in [6.07, 6.45) is 6.86. The molecule has 0 aliphatic heterocycles. The summed E-state index contributed by atoms with van der Waals surface area (Å²) in [6.45, 7) is 0.438. The van der Waals surface area contributed by atoms with Gasteiger partial charge in [0.2, 0.25) is 0 Å². The van der Waals surface area contributed by atoms with E-state index < -0.39 is 0 Å². The highest BCUT2D eigenvalue weighted by Crippen LogP contribution is 2.20. The summed E-state index contributed by atoms with van der Waals surface area (Å²) in [5, 5.41) is 10.1. The number of hydrogen-bond acceptors (Lipinski definition) is 3. The van der Waals surface area contributed by atoms with E-state index in [1.54, 1.807) is 18.3 Å². The van der Waals surface area contributed by atoms with Crippen molar-refractivity contribution >= 4 is 11.8 Å². The molecule has 0 fully saturated rings. The van der Waals surface area contributed by atoms with Gasteiger partial charge in [-0.05, 0) is 17.7 Å². The Labute approximate surface area is 115 Å². The van der Waals surface area contributed by atoms with Crippen LogP contribution in [-0.2, 0) is 13.2 Å². The van der Waals surface area contributed by atoms with Crippen LogP contribution in [0.4, 0.5) is 4.39 Å². The highest BCUT2D eigenvalue weighted by Gasteiger charge is 2.10. The summed E-state index contributed by atoms with van der Waals surface area (Å²) in [5.41, 5.74) is 1.65. The molecule has 0 saturated heterocycles. The van der Waals surface area contributed by atoms with Gasteiger partial charge in [0.25, 0.3) is 0 Å². The zero-order valence-electron chi connectivity index (χ0n) is 10.2. The second kappa shape index (κ2) is 6.41. The minimum Gasteiger partial charge on any atom is -0.390 e. The van der Waals surface area contributed by atoms with Crippen molar-refractivity contribution in [3.63, 3.8) is 0 Å². The van der Waals surface area contributed by atoms with Crippen molar-refractivity contribution in [2.24, 2.45) is 0 Å². The second-order valence-corrected chi connectivity index (χ2v) is 4.84. The van der Waals surface area contributed by atoms with E-state index in [2.05, 4.69) is 10.9 Å². The molecule has 0 saturated carbocycles. The molecule has 2 aromatic rings. The lowest BCUT2D eigenvalue weighted by atomic mass is 10.2. The minimum absolute atomic E-state index is 0.0925. The number of nitrogens with zero attached hydrogens (tertiary/aromatic N) is 2. The van der Waals surface area contributed by atoms with Gasteiger partial charge in [-0.2, -0.15) is 0 Å². The minimum atomic E-state index is -0.265. The average Bonchev–Trinajstić information content (AvgIpc) is 2.81. The highest BCUT2D eigenvalue weighted by atomic mass is 32.2. The number of aromatic nitrogens is 2. The SMILES string of the molecule is C#CCSc1ncc(CO)n1Cc1ccc(F)cc1. The van der Waals surface area contributed by atoms with E-state index in [0.29, 0.717) is 18.0 Å². The standard InChI is InChI=1S/C14H13FN2OS/c1-2-7-19-14-16-8-13(10-18)17(14)9-11-3-5-12(15)6-4-11/h1,3-6,8,18H,7,9-10H2. The van der Waals surface area contributed by atoms with Crippen molar-refractivity contribution < 1.29 is 9.50 Å². The molecule has 0 atom stereocenters. The third kappa shape index (κ3) is 3.37. The first-order chi connectivity index (χ1) is 9.24. The molecule has 1 N–H and O–H groups in total. The molecule has 19 heavy (non-hydrogen) atoms. The number of rotatable bonds is 5. The average molecular weight is 276 g/mol. The zero-order valence-corrected chi connectivity index (χ0v) is 11.0. The van der Waals surface area contributed by atoms with Crippen molar-refractivity contribution in [2.75, 3.05) is 5.75 Å². The molecule has 98 valence electrons. The van der Waals surface area contributed by atoms with Crippen LogP contribution in [0.1, 0.15) is 11.3 Å². The van der Waals surface area contributed by atoms with E-state index in [4.69, 9.17) is 6.42 Å². The smallest absolute Gasteiger partial charge is 0.169 e. The fraction of sp³-hybridized carbons (Fsp3) is 0.214. The number of imidazole rings is 1. The molecule has 0 spiro atoms. The Morgan fingerprint density at radius 1 is 1.37 bits per heavy atom. The van der Waals surface area contributed by atoms with Crippen LogP contribution >= 0.6 is 11.8 Å². The molecule has 3 nitrogen and oxygen atoms in total. The monoisotopic (exact) mass is 276 g/mol. The summed E-state index contributed by atoms with van der Waals surface area (Å²) in [7, 11) is 0. The third-order valence-corrected chi connectivity index (χ3v) is 3.50. The number of halogens is 1. The normalized spacial score (nSPS) is 10.4. The number of terminal acetylenes is 1. The van der Waals surface area contributed by atoms with E-state index in [0.717, 1.165) is 10.7 Å². The maximum Gasteiger partial charge on any atom is 0.169 e. The Bertz CT molecular complexity index is 586. The van der Waals surface area contributed by atoms with Gasteiger partial charge in [-0.3, -0.25) is 0 Å². The van der Waals surface area contributed by atoms with Gasteiger partial charge >= 0.3 is 0 Å². The molecular formula is C14H13FN2OS. The Morgan fingerprint density at radius 2 is 2.11 bits per heavy atom. The number of aliphatic hydroxyl groups excluding tert-OH is 1. The van der Waals surface area contributed by atoms with Gasteiger partial charge < -0.3 is 9.67 Å². The molecule has 0 bridgehead atoms. The number of benzene rings is 1. The van der Waals surface area contributed by atoms with Crippen LogP contribution in [0.2, 0.25) is 0 Å². The van der Waals surface area contributed by atoms with Gasteiger partial charge in [0.1, 0.15) is 5.82 Å². The third-order valence-electron chi connectivity index (χ3n) is 2.60. The molecule has 0 radical (unpaired) electrons. The molecule has 1 aromatic heterocycles. The fourth-order valence-electron chi connectivity index (χ4n) is 1.68. The molecule has 0 amide bonds. The molecule has 1 aromatic carbocycles. The predicted octanol–water partition coefficient (Wildman–Crippen LogP) is 2.29.